The number of hydrogen-bond acceptors (Lipinski definition) is 4. The Hall–Kier alpha value is -2.52. The summed E-state index contributed by atoms with van der Waals surface area (Å²) in [7, 11) is -3.71. The maximum atomic E-state index is 13.5. The fourth-order valence-corrected chi connectivity index (χ4v) is 4.89. The van der Waals surface area contributed by atoms with E-state index in [0.29, 0.717) is 6.54 Å². The van der Waals surface area contributed by atoms with E-state index in [9.17, 15) is 22.0 Å². The molecule has 0 saturated carbocycles. The Morgan fingerprint density at radius 2 is 1.67 bits per heavy atom. The zero-order valence-electron chi connectivity index (χ0n) is 18.9. The van der Waals surface area contributed by atoms with Crippen LogP contribution in [-0.2, 0) is 27.9 Å². The lowest BCUT2D eigenvalue weighted by atomic mass is 10.1. The molecule has 0 bridgehead atoms. The number of carbonyl (C=O) groups is 1. The van der Waals surface area contributed by atoms with Crippen molar-refractivity contribution in [1.29, 1.82) is 0 Å². The van der Waals surface area contributed by atoms with Crippen LogP contribution in [0.5, 0.6) is 0 Å². The summed E-state index contributed by atoms with van der Waals surface area (Å²) in [6, 6.07) is 11.1. The van der Waals surface area contributed by atoms with Crippen molar-refractivity contribution in [2.75, 3.05) is 30.2 Å². The van der Waals surface area contributed by atoms with Crippen LogP contribution in [0.15, 0.2) is 42.5 Å². The molecule has 2 aromatic rings. The van der Waals surface area contributed by atoms with Crippen molar-refractivity contribution in [2.24, 2.45) is 0 Å². The van der Waals surface area contributed by atoms with E-state index < -0.39 is 21.7 Å². The molecular weight excluding hydrogens is 448 g/mol. The van der Waals surface area contributed by atoms with Gasteiger partial charge in [0.05, 0.1) is 11.9 Å². The van der Waals surface area contributed by atoms with Crippen molar-refractivity contribution in [3.05, 3.63) is 65.2 Å². The summed E-state index contributed by atoms with van der Waals surface area (Å²) in [6.07, 6.45) is 5.17. The van der Waals surface area contributed by atoms with Gasteiger partial charge in [-0.05, 0) is 55.6 Å². The van der Waals surface area contributed by atoms with Gasteiger partial charge in [0.25, 0.3) is 0 Å². The van der Waals surface area contributed by atoms with Crippen LogP contribution in [0.25, 0.3) is 0 Å². The molecule has 0 aliphatic carbocycles. The number of amides is 1. The van der Waals surface area contributed by atoms with Gasteiger partial charge in [0.2, 0.25) is 15.9 Å². The van der Waals surface area contributed by atoms with Gasteiger partial charge in [-0.15, -0.1) is 0 Å². The molecule has 3 rings (SSSR count). The maximum absolute atomic E-state index is 13.5. The molecule has 1 fully saturated rings. The molecule has 1 amide bonds. The minimum Gasteiger partial charge on any atom is -0.352 e. The predicted octanol–water partition coefficient (Wildman–Crippen LogP) is 3.81. The first kappa shape index (κ1) is 25.1. The molecule has 0 atom stereocenters. The van der Waals surface area contributed by atoms with Crippen molar-refractivity contribution < 1.29 is 22.0 Å². The second kappa shape index (κ2) is 11.6. The molecule has 0 spiro atoms. The van der Waals surface area contributed by atoms with Gasteiger partial charge in [0, 0.05) is 32.1 Å². The van der Waals surface area contributed by atoms with Crippen LogP contribution in [0.1, 0.15) is 43.2 Å². The normalized spacial score (nSPS) is 14.8. The number of carbonyl (C=O) groups excluding carboxylic acids is 1. The van der Waals surface area contributed by atoms with Crippen molar-refractivity contribution in [2.45, 2.75) is 45.2 Å². The minimum absolute atomic E-state index is 0.0114. The summed E-state index contributed by atoms with van der Waals surface area (Å²) >= 11 is 0. The lowest BCUT2D eigenvalue weighted by molar-refractivity contribution is -0.121. The Morgan fingerprint density at radius 3 is 2.30 bits per heavy atom. The van der Waals surface area contributed by atoms with Crippen molar-refractivity contribution in [1.82, 2.24) is 10.2 Å². The summed E-state index contributed by atoms with van der Waals surface area (Å²) in [5, 5.41) is 2.84. The van der Waals surface area contributed by atoms with Crippen LogP contribution in [0.3, 0.4) is 0 Å². The van der Waals surface area contributed by atoms with Gasteiger partial charge in [-0.1, -0.05) is 30.7 Å². The first-order chi connectivity index (χ1) is 15.7. The van der Waals surface area contributed by atoms with Crippen LogP contribution < -0.4 is 9.62 Å². The van der Waals surface area contributed by atoms with E-state index in [0.717, 1.165) is 47.9 Å². The largest absolute Gasteiger partial charge is 0.352 e. The van der Waals surface area contributed by atoms with Crippen molar-refractivity contribution in [3.63, 3.8) is 0 Å². The second-order valence-corrected chi connectivity index (χ2v) is 10.4. The molecule has 1 heterocycles. The van der Waals surface area contributed by atoms with Gasteiger partial charge in [0.15, 0.2) is 11.6 Å². The van der Waals surface area contributed by atoms with Gasteiger partial charge >= 0.3 is 0 Å². The minimum atomic E-state index is -3.71. The van der Waals surface area contributed by atoms with E-state index in [1.165, 1.54) is 30.9 Å². The van der Waals surface area contributed by atoms with Gasteiger partial charge in [-0.2, -0.15) is 0 Å². The Kier molecular flexibility index (Phi) is 8.80. The number of nitrogens with zero attached hydrogens (tertiary/aromatic N) is 2. The lowest BCUT2D eigenvalue weighted by Crippen LogP contribution is -2.32. The molecule has 6 nitrogen and oxygen atoms in total. The first-order valence-electron chi connectivity index (χ1n) is 11.2. The van der Waals surface area contributed by atoms with Crippen LogP contribution >= 0.6 is 0 Å². The van der Waals surface area contributed by atoms with E-state index in [1.54, 1.807) is 0 Å². The fourth-order valence-electron chi connectivity index (χ4n) is 3.94. The number of likely N-dealkylation sites (tertiary alicyclic amines) is 1. The zero-order chi connectivity index (χ0) is 23.8. The highest BCUT2D eigenvalue weighted by Crippen LogP contribution is 2.21. The summed E-state index contributed by atoms with van der Waals surface area (Å²) in [5.74, 6) is -2.38. The zero-order valence-corrected chi connectivity index (χ0v) is 19.7. The number of benzene rings is 2. The van der Waals surface area contributed by atoms with Crippen molar-refractivity contribution >= 4 is 21.6 Å². The third-order valence-electron chi connectivity index (χ3n) is 5.72. The van der Waals surface area contributed by atoms with Gasteiger partial charge < -0.3 is 5.32 Å². The van der Waals surface area contributed by atoms with E-state index in [2.05, 4.69) is 22.3 Å². The first-order valence-corrected chi connectivity index (χ1v) is 13.1. The standard InChI is InChI=1S/C24H31F2N3O3S/c1-33(31,32)29(21-11-12-22(25)23(26)16-21)15-5-6-24(30)27-17-19-7-9-20(10-8-19)18-28-13-3-2-4-14-28/h7-12,16H,2-6,13-15,17-18H2,1H3,(H,27,30). The van der Waals surface area contributed by atoms with Gasteiger partial charge in [0.1, 0.15) is 0 Å². The molecular formula is C24H31F2N3O3S. The van der Waals surface area contributed by atoms with E-state index >= 15 is 0 Å². The third-order valence-corrected chi connectivity index (χ3v) is 6.92. The van der Waals surface area contributed by atoms with E-state index in [-0.39, 0.29) is 31.0 Å². The molecule has 180 valence electrons. The maximum Gasteiger partial charge on any atom is 0.232 e. The van der Waals surface area contributed by atoms with Crippen LogP contribution in [0.2, 0.25) is 0 Å². The van der Waals surface area contributed by atoms with Crippen LogP contribution in [0, 0.1) is 11.6 Å². The summed E-state index contributed by atoms with van der Waals surface area (Å²) in [5.41, 5.74) is 2.27. The molecule has 1 saturated heterocycles. The monoisotopic (exact) mass is 479 g/mol. The predicted molar refractivity (Wildman–Crippen MR) is 125 cm³/mol. The highest BCUT2D eigenvalue weighted by molar-refractivity contribution is 7.92. The van der Waals surface area contributed by atoms with E-state index in [1.807, 2.05) is 12.1 Å². The van der Waals surface area contributed by atoms with E-state index in [4.69, 9.17) is 0 Å². The molecule has 0 aromatic heterocycles. The molecule has 0 radical (unpaired) electrons. The summed E-state index contributed by atoms with van der Waals surface area (Å²) in [4.78, 5) is 14.7. The molecule has 1 N–H and O–H groups in total. The molecule has 1 aliphatic heterocycles. The Balaban J connectivity index is 1.44. The Labute approximate surface area is 194 Å². The van der Waals surface area contributed by atoms with Gasteiger partial charge in [-0.25, -0.2) is 17.2 Å². The van der Waals surface area contributed by atoms with Gasteiger partial charge in [-0.3, -0.25) is 14.0 Å². The molecule has 33 heavy (non-hydrogen) atoms. The quantitative estimate of drug-likeness (QED) is 0.563. The average Bonchev–Trinajstić information content (AvgIpc) is 2.78. The van der Waals surface area contributed by atoms with Crippen LogP contribution in [-0.4, -0.2) is 45.1 Å². The SMILES string of the molecule is CS(=O)(=O)N(CCCC(=O)NCc1ccc(CN2CCCCC2)cc1)c1ccc(F)c(F)c1. The summed E-state index contributed by atoms with van der Waals surface area (Å²) < 4.78 is 51.8. The molecule has 0 unspecified atom stereocenters. The number of halogens is 2. The molecule has 2 aromatic carbocycles. The highest BCUT2D eigenvalue weighted by atomic mass is 32.2. The van der Waals surface area contributed by atoms with Crippen LogP contribution in [0.4, 0.5) is 14.5 Å². The molecule has 1 aliphatic rings. The van der Waals surface area contributed by atoms with Crippen molar-refractivity contribution in [3.8, 4) is 0 Å². The fraction of sp³-hybridized carbons (Fsp3) is 0.458. The third kappa shape index (κ3) is 7.78. The lowest BCUT2D eigenvalue weighted by Gasteiger charge is -2.26. The topological polar surface area (TPSA) is 69.7 Å². The summed E-state index contributed by atoms with van der Waals surface area (Å²) in [6.45, 7) is 3.61. The average molecular weight is 480 g/mol. The number of rotatable bonds is 10. The Bertz CT molecular complexity index is 1040. The Morgan fingerprint density at radius 1 is 1.00 bits per heavy atom. The molecule has 9 heteroatoms. The number of hydrogen-bond donors (Lipinski definition) is 1. The highest BCUT2D eigenvalue weighted by Gasteiger charge is 2.19. The smallest absolute Gasteiger partial charge is 0.232 e. The second-order valence-electron chi connectivity index (χ2n) is 8.47. The number of nitrogens with one attached hydrogen (secondary N) is 1. The number of anilines is 1. The number of sulfonamides is 1. The number of piperidine rings is 1.